The van der Waals surface area contributed by atoms with E-state index in [1.165, 1.54) is 13.0 Å². The molecule has 0 fully saturated rings. The van der Waals surface area contributed by atoms with E-state index in [1.54, 1.807) is 26.0 Å². The van der Waals surface area contributed by atoms with Gasteiger partial charge < -0.3 is 25.8 Å². The molecule has 2 bridgehead atoms. The van der Waals surface area contributed by atoms with E-state index in [1.807, 2.05) is 0 Å². The predicted octanol–water partition coefficient (Wildman–Crippen LogP) is 1.55. The van der Waals surface area contributed by atoms with Crippen LogP contribution in [0.5, 0.6) is 0 Å². The van der Waals surface area contributed by atoms with Gasteiger partial charge in [-0.1, -0.05) is 44.3 Å². The summed E-state index contributed by atoms with van der Waals surface area (Å²) in [6.45, 7) is 8.37. The van der Waals surface area contributed by atoms with Crippen molar-refractivity contribution in [2.45, 2.75) is 58.6 Å². The number of thioether (sulfide) groups is 1. The van der Waals surface area contributed by atoms with Crippen LogP contribution in [-0.4, -0.2) is 57.1 Å². The highest BCUT2D eigenvalue weighted by Crippen LogP contribution is 2.15. The van der Waals surface area contributed by atoms with Gasteiger partial charge in [0.15, 0.2) is 22.9 Å². The van der Waals surface area contributed by atoms with Gasteiger partial charge in [-0.25, -0.2) is 9.37 Å². The minimum absolute atomic E-state index is 0.00925. The Balaban J connectivity index is 2.32. The molecule has 36 heavy (non-hydrogen) atoms. The van der Waals surface area contributed by atoms with Gasteiger partial charge in [-0.15, -0.1) is 0 Å². The molecule has 3 amide bonds. The fraction of sp³-hybridized carbons (Fsp3) is 0.458. The summed E-state index contributed by atoms with van der Waals surface area (Å²) in [6, 6.07) is 1.42. The lowest BCUT2D eigenvalue weighted by Gasteiger charge is -2.30. The molecule has 196 valence electrons. The number of carbonyl (C=O) groups excluding carboxylic acids is 4. The van der Waals surface area contributed by atoms with Crippen molar-refractivity contribution in [2.75, 3.05) is 5.75 Å². The maximum absolute atomic E-state index is 14.2. The number of hydrogen-bond acceptors (Lipinski definition) is 8. The van der Waals surface area contributed by atoms with Crippen molar-refractivity contribution in [3.63, 3.8) is 0 Å². The van der Waals surface area contributed by atoms with Crippen molar-refractivity contribution in [1.82, 2.24) is 20.9 Å². The van der Waals surface area contributed by atoms with Crippen LogP contribution in [0.3, 0.4) is 0 Å². The third-order valence-electron chi connectivity index (χ3n) is 5.09. The highest BCUT2D eigenvalue weighted by Gasteiger charge is 2.29. The van der Waals surface area contributed by atoms with Crippen molar-refractivity contribution in [3.8, 4) is 0 Å². The minimum atomic E-state index is -1.51. The van der Waals surface area contributed by atoms with Crippen LogP contribution in [0, 0.1) is 11.7 Å². The van der Waals surface area contributed by atoms with Crippen molar-refractivity contribution >= 4 is 34.6 Å². The van der Waals surface area contributed by atoms with E-state index in [0.717, 1.165) is 17.8 Å². The molecular weight excluding hydrogens is 491 g/mol. The Morgan fingerprint density at radius 3 is 2.72 bits per heavy atom. The number of nitrogens with zero attached hydrogens (tertiary/aromatic N) is 1. The van der Waals surface area contributed by atoms with E-state index in [-0.39, 0.29) is 35.4 Å². The minimum Gasteiger partial charge on any atom is -0.366 e. The first-order valence-corrected chi connectivity index (χ1v) is 12.3. The van der Waals surface area contributed by atoms with Gasteiger partial charge in [0, 0.05) is 12.7 Å². The first-order valence-electron chi connectivity index (χ1n) is 11.3. The van der Waals surface area contributed by atoms with Gasteiger partial charge in [0.1, 0.15) is 0 Å². The second-order valence-electron chi connectivity index (χ2n) is 8.41. The topological polar surface area (TPSA) is 147 Å². The molecule has 0 saturated carbocycles. The molecule has 3 atom stereocenters. The van der Waals surface area contributed by atoms with E-state index < -0.39 is 47.7 Å². The molecule has 1 aliphatic heterocycles. The van der Waals surface area contributed by atoms with Crippen LogP contribution in [0.4, 0.5) is 4.39 Å². The van der Waals surface area contributed by atoms with E-state index in [9.17, 15) is 28.7 Å². The number of ether oxygens (including phenoxy) is 1. The van der Waals surface area contributed by atoms with Crippen molar-refractivity contribution in [2.24, 2.45) is 5.92 Å². The number of amides is 3. The average Bonchev–Trinajstić information content (AvgIpc) is 2.80. The largest absolute Gasteiger partial charge is 0.366 e. The van der Waals surface area contributed by atoms with Crippen molar-refractivity contribution < 1.29 is 33.4 Å². The molecule has 0 aromatic carbocycles. The molecule has 0 radical (unpaired) electrons. The van der Waals surface area contributed by atoms with Crippen LogP contribution >= 0.6 is 11.8 Å². The molecule has 4 N–H and O–H groups in total. The fourth-order valence-electron chi connectivity index (χ4n) is 3.19. The lowest BCUT2D eigenvalue weighted by Crippen LogP contribution is -2.50. The summed E-state index contributed by atoms with van der Waals surface area (Å²) in [5, 5.41) is 18.1. The number of aliphatic hydroxyl groups is 1. The summed E-state index contributed by atoms with van der Waals surface area (Å²) in [5.41, 5.74) is -0.716. The van der Waals surface area contributed by atoms with Crippen molar-refractivity contribution in [3.05, 3.63) is 53.8 Å². The van der Waals surface area contributed by atoms with E-state index in [0.29, 0.717) is 12.2 Å². The number of nitrogens with one attached hydrogen (secondary N) is 3. The van der Waals surface area contributed by atoms with Gasteiger partial charge in [-0.05, 0) is 24.5 Å². The van der Waals surface area contributed by atoms with Crippen molar-refractivity contribution in [1.29, 1.82) is 0 Å². The van der Waals surface area contributed by atoms with Gasteiger partial charge in [0.05, 0.1) is 36.5 Å². The number of aromatic nitrogens is 1. The first-order chi connectivity index (χ1) is 17.0. The van der Waals surface area contributed by atoms with Gasteiger partial charge in [-0.3, -0.25) is 19.2 Å². The fourth-order valence-corrected chi connectivity index (χ4v) is 3.73. The zero-order valence-electron chi connectivity index (χ0n) is 20.4. The number of rotatable bonds is 5. The van der Waals surface area contributed by atoms with Gasteiger partial charge in [-0.2, -0.15) is 0 Å². The Labute approximate surface area is 213 Å². The zero-order chi connectivity index (χ0) is 26.8. The van der Waals surface area contributed by atoms with Crippen LogP contribution in [0.1, 0.15) is 49.8 Å². The molecule has 0 saturated heterocycles. The number of carbonyl (C=O) groups is 4. The molecule has 1 aromatic rings. The second-order valence-corrected chi connectivity index (χ2v) is 9.68. The van der Waals surface area contributed by atoms with Crippen LogP contribution in [0.25, 0.3) is 0 Å². The maximum Gasteiger partial charge on any atom is 0.277 e. The summed E-state index contributed by atoms with van der Waals surface area (Å²) in [6.07, 6.45) is 1.35. The van der Waals surface area contributed by atoms with Crippen LogP contribution in [-0.2, 0) is 25.7 Å². The summed E-state index contributed by atoms with van der Waals surface area (Å²) in [5.74, 6) is -2.91. The highest BCUT2D eigenvalue weighted by molar-refractivity contribution is 8.13. The number of halogens is 1. The molecule has 0 aliphatic carbocycles. The lowest BCUT2D eigenvalue weighted by molar-refractivity contribution is -0.157. The van der Waals surface area contributed by atoms with E-state index in [2.05, 4.69) is 27.5 Å². The SMILES string of the molecule is C=C1NC(=O)c2nc(ccc2F)CNC(=O)C[C@@H](/C=C/CCSC(C)=O)OC(O)[C@H](C(C)C)NC1=O. The Bertz CT molecular complexity index is 1030. The molecule has 1 aromatic heterocycles. The zero-order valence-corrected chi connectivity index (χ0v) is 21.2. The summed E-state index contributed by atoms with van der Waals surface area (Å²) in [4.78, 5) is 52.7. The van der Waals surface area contributed by atoms with Gasteiger partial charge >= 0.3 is 0 Å². The van der Waals surface area contributed by atoms with E-state index in [4.69, 9.17) is 4.74 Å². The highest BCUT2D eigenvalue weighted by atomic mass is 32.2. The van der Waals surface area contributed by atoms with Crippen LogP contribution < -0.4 is 16.0 Å². The smallest absolute Gasteiger partial charge is 0.277 e. The third kappa shape index (κ3) is 9.17. The summed E-state index contributed by atoms with van der Waals surface area (Å²) in [7, 11) is 0. The number of aliphatic hydroxyl groups excluding tert-OH is 1. The predicted molar refractivity (Wildman–Crippen MR) is 132 cm³/mol. The summed E-state index contributed by atoms with van der Waals surface area (Å²) < 4.78 is 19.9. The monoisotopic (exact) mass is 522 g/mol. The quantitative estimate of drug-likeness (QED) is 0.259. The Morgan fingerprint density at radius 1 is 1.33 bits per heavy atom. The maximum atomic E-state index is 14.2. The Kier molecular flexibility index (Phi) is 11.2. The molecule has 2 rings (SSSR count). The molecular formula is C24H31FN4O6S. The number of pyridine rings is 1. The number of fused-ring (bicyclic) bond motifs is 2. The van der Waals surface area contributed by atoms with Gasteiger partial charge in [0.2, 0.25) is 5.91 Å². The third-order valence-corrected chi connectivity index (χ3v) is 5.93. The Morgan fingerprint density at radius 2 is 2.06 bits per heavy atom. The number of allylic oxidation sites excluding steroid dienone is 1. The van der Waals surface area contributed by atoms with Gasteiger partial charge in [0.25, 0.3) is 11.8 Å². The lowest BCUT2D eigenvalue weighted by atomic mass is 10.0. The average molecular weight is 523 g/mol. The van der Waals surface area contributed by atoms with Crippen LogP contribution in [0.15, 0.2) is 36.6 Å². The first kappa shape index (κ1) is 29.1. The van der Waals surface area contributed by atoms with Crippen LogP contribution in [0.2, 0.25) is 0 Å². The molecule has 1 aliphatic rings. The van der Waals surface area contributed by atoms with E-state index >= 15 is 0 Å². The number of hydrogen-bond donors (Lipinski definition) is 4. The summed E-state index contributed by atoms with van der Waals surface area (Å²) >= 11 is 1.16. The molecule has 2 heterocycles. The molecule has 0 spiro atoms. The molecule has 10 nitrogen and oxygen atoms in total. The standard InChI is InChI=1S/C24H31FN4O6S/c1-13(2)20-24(34)35-17(7-5-6-10-36-15(4)30)11-19(31)26-12-16-8-9-18(25)21(28-16)23(33)27-14(3)22(32)29-20/h5,7-9,13,17,20,24,34H,3,6,10-12H2,1-2,4H3,(H,26,31)(H,27,33)(H,29,32)/b7-5+/t17-,20+,24?/m1/s1. The second kappa shape index (κ2) is 13.9. The molecule has 1 unspecified atom stereocenters. The normalized spacial score (nSPS) is 22.3. The Hall–Kier alpha value is -3.09. The molecule has 12 heteroatoms.